The zero-order chi connectivity index (χ0) is 32.3. The molecule has 1 aliphatic heterocycles. The van der Waals surface area contributed by atoms with Crippen LogP contribution < -0.4 is 33.3 Å². The predicted molar refractivity (Wildman–Crippen MR) is 157 cm³/mol. The summed E-state index contributed by atoms with van der Waals surface area (Å²) in [7, 11) is 1.59. The topological polar surface area (TPSA) is 134 Å². The van der Waals surface area contributed by atoms with Gasteiger partial charge in [-0.25, -0.2) is 23.1 Å². The molecule has 242 valence electrons. The monoisotopic (exact) mass is 764 g/mol. The first kappa shape index (κ1) is 34.9. The molecule has 3 atom stereocenters. The number of rotatable bonds is 9. The van der Waals surface area contributed by atoms with E-state index in [1.165, 1.54) is 38.7 Å². The lowest BCUT2D eigenvalue weighted by atomic mass is 9.82. The largest absolute Gasteiger partial charge is 1.00 e. The normalized spacial score (nSPS) is 16.2. The summed E-state index contributed by atoms with van der Waals surface area (Å²) in [5, 5.41) is 27.9. The third-order valence-corrected chi connectivity index (χ3v) is 8.84. The van der Waals surface area contributed by atoms with Crippen LogP contribution in [-0.2, 0) is 28.7 Å². The number of carbonyl (C=O) groups excluding carboxylic acids is 2. The van der Waals surface area contributed by atoms with Crippen molar-refractivity contribution in [2.45, 2.75) is 50.8 Å². The summed E-state index contributed by atoms with van der Waals surface area (Å²) in [5.41, 5.74) is -0.480. The average Bonchev–Trinajstić information content (AvgIpc) is 3.77. The fourth-order valence-electron chi connectivity index (χ4n) is 5.29. The molecule has 15 heteroatoms. The third kappa shape index (κ3) is 7.51. The number of carbonyl (C=O) groups is 2. The van der Waals surface area contributed by atoms with Crippen LogP contribution in [0.25, 0.3) is 11.3 Å². The smallest absolute Gasteiger partial charge is 0.476 e. The molecular formula is C31H31F2IN6O5S. The number of likely N-dealkylation sites (tertiary alicyclic amines) is 1. The molecule has 0 aliphatic carbocycles. The van der Waals surface area contributed by atoms with E-state index in [4.69, 9.17) is 14.7 Å². The van der Waals surface area contributed by atoms with Crippen LogP contribution in [0.1, 0.15) is 48.7 Å². The third-order valence-electron chi connectivity index (χ3n) is 7.81. The number of nitriles is 1. The van der Waals surface area contributed by atoms with Gasteiger partial charge in [0.05, 0.1) is 40.5 Å². The van der Waals surface area contributed by atoms with Gasteiger partial charge in [-0.3, -0.25) is 4.79 Å². The lowest BCUT2D eigenvalue weighted by Crippen LogP contribution is -3.00. The molecule has 46 heavy (non-hydrogen) atoms. The highest BCUT2D eigenvalue weighted by Crippen LogP contribution is 2.41. The van der Waals surface area contributed by atoms with Gasteiger partial charge in [0.15, 0.2) is 0 Å². The number of nitrogens with zero attached hydrogens (tertiary/aromatic N) is 6. The maximum Gasteiger partial charge on any atom is 0.476 e. The van der Waals surface area contributed by atoms with Gasteiger partial charge in [0.2, 0.25) is 6.33 Å². The van der Waals surface area contributed by atoms with Gasteiger partial charge in [-0.1, -0.05) is 19.1 Å². The second-order valence-electron chi connectivity index (χ2n) is 10.9. The van der Waals surface area contributed by atoms with Crippen LogP contribution in [0.2, 0.25) is 0 Å². The van der Waals surface area contributed by atoms with Gasteiger partial charge in [0, 0.05) is 35.9 Å². The molecule has 1 fully saturated rings. The Morgan fingerprint density at radius 2 is 2.00 bits per heavy atom. The predicted octanol–water partition coefficient (Wildman–Crippen LogP) is 1.20. The standard InChI is InChI=1S/C31H31F2N6O5S.HI/c1-19(28-35-27(16-45-28)22-8-6-21(14-34)7-9-22)31(42,25-13-23(32)10-11-26(25)33)17-38-18-37(3)29(36-38)44-30(41)39-12-4-5-24(39)15-43-20(2)40;/h6-11,13,16,18-19,24,42H,4-5,12,15,17H2,1-3H3;1H/q+1;/p-1/t19-,24-,31+;/m0./s1. The van der Waals surface area contributed by atoms with Crippen molar-refractivity contribution in [3.05, 3.63) is 81.9 Å². The van der Waals surface area contributed by atoms with Crippen LogP contribution in [0.15, 0.2) is 54.2 Å². The van der Waals surface area contributed by atoms with Crippen LogP contribution in [0.3, 0.4) is 0 Å². The van der Waals surface area contributed by atoms with Gasteiger partial charge >= 0.3 is 18.1 Å². The van der Waals surface area contributed by atoms with Gasteiger partial charge < -0.3 is 43.5 Å². The molecule has 0 unspecified atom stereocenters. The van der Waals surface area contributed by atoms with Crippen LogP contribution in [0, 0.1) is 23.0 Å². The second kappa shape index (κ2) is 14.6. The van der Waals surface area contributed by atoms with Gasteiger partial charge in [-0.05, 0) is 43.2 Å². The van der Waals surface area contributed by atoms with E-state index in [2.05, 4.69) is 16.2 Å². The summed E-state index contributed by atoms with van der Waals surface area (Å²) in [6, 6.07) is 11.4. The molecule has 0 saturated carbocycles. The van der Waals surface area contributed by atoms with Crippen LogP contribution in [0.4, 0.5) is 13.6 Å². The number of hydrogen-bond donors (Lipinski definition) is 1. The lowest BCUT2D eigenvalue weighted by Gasteiger charge is -2.32. The van der Waals surface area contributed by atoms with Crippen LogP contribution in [0.5, 0.6) is 6.01 Å². The van der Waals surface area contributed by atoms with E-state index in [1.54, 1.807) is 43.6 Å². The fraction of sp³-hybridized carbons (Fsp3) is 0.355. The van der Waals surface area contributed by atoms with Gasteiger partial charge in [0.1, 0.15) is 30.4 Å². The van der Waals surface area contributed by atoms with Gasteiger partial charge in [-0.15, -0.1) is 16.0 Å². The number of aryl methyl sites for hydroxylation is 1. The van der Waals surface area contributed by atoms with E-state index in [1.807, 2.05) is 0 Å². The van der Waals surface area contributed by atoms with Crippen LogP contribution >= 0.6 is 11.3 Å². The summed E-state index contributed by atoms with van der Waals surface area (Å²) in [6.07, 6.45) is 2.15. The Labute approximate surface area is 285 Å². The first-order valence-electron chi connectivity index (χ1n) is 14.2. The van der Waals surface area contributed by atoms with Crippen molar-refractivity contribution in [2.75, 3.05) is 13.2 Å². The van der Waals surface area contributed by atoms with E-state index in [0.29, 0.717) is 29.2 Å². The number of aliphatic hydroxyl groups is 1. The molecule has 0 radical (unpaired) electrons. The van der Waals surface area contributed by atoms with E-state index in [9.17, 15) is 19.1 Å². The Bertz CT molecular complexity index is 1760. The van der Waals surface area contributed by atoms with Crippen LogP contribution in [-0.4, -0.2) is 56.0 Å². The molecule has 1 N–H and O–H groups in total. The Hall–Kier alpha value is -4.01. The number of benzene rings is 2. The second-order valence-corrected chi connectivity index (χ2v) is 11.8. The number of halogens is 3. The molecular weight excluding hydrogens is 733 g/mol. The van der Waals surface area contributed by atoms with E-state index in [0.717, 1.165) is 30.2 Å². The highest BCUT2D eigenvalue weighted by Gasteiger charge is 2.44. The molecule has 1 saturated heterocycles. The van der Waals surface area contributed by atoms with Gasteiger partial charge in [0.25, 0.3) is 0 Å². The molecule has 5 rings (SSSR count). The summed E-state index contributed by atoms with van der Waals surface area (Å²) < 4.78 is 43.0. The summed E-state index contributed by atoms with van der Waals surface area (Å²) in [5.74, 6) is -2.84. The lowest BCUT2D eigenvalue weighted by molar-refractivity contribution is -0.676. The number of esters is 1. The Morgan fingerprint density at radius 3 is 2.70 bits per heavy atom. The minimum Gasteiger partial charge on any atom is -1.00 e. The number of ether oxygens (including phenoxy) is 2. The fourth-order valence-corrected chi connectivity index (χ4v) is 6.27. The molecule has 2 aromatic heterocycles. The summed E-state index contributed by atoms with van der Waals surface area (Å²) >= 11 is 1.25. The Morgan fingerprint density at radius 1 is 1.26 bits per heavy atom. The van der Waals surface area contributed by atoms with E-state index >= 15 is 4.39 Å². The zero-order valence-electron chi connectivity index (χ0n) is 25.2. The van der Waals surface area contributed by atoms with Gasteiger partial charge in [-0.2, -0.15) is 5.26 Å². The van der Waals surface area contributed by atoms with Crippen molar-refractivity contribution in [3.8, 4) is 23.3 Å². The molecule has 1 aliphatic rings. The maximum atomic E-state index is 15.3. The van der Waals surface area contributed by atoms with E-state index in [-0.39, 0.29) is 54.7 Å². The van der Waals surface area contributed by atoms with Crippen molar-refractivity contribution < 1.29 is 61.5 Å². The summed E-state index contributed by atoms with van der Waals surface area (Å²) in [6.45, 7) is 3.09. The average molecular weight is 765 g/mol. The molecule has 0 bridgehead atoms. The summed E-state index contributed by atoms with van der Waals surface area (Å²) in [4.78, 5) is 30.4. The van der Waals surface area contributed by atoms with Crippen molar-refractivity contribution in [1.29, 1.82) is 5.26 Å². The van der Waals surface area contributed by atoms with E-state index < -0.39 is 35.2 Å². The first-order valence-corrected chi connectivity index (χ1v) is 15.0. The molecule has 11 nitrogen and oxygen atoms in total. The highest BCUT2D eigenvalue weighted by atomic mass is 127. The van der Waals surface area contributed by atoms with Crippen molar-refractivity contribution in [3.63, 3.8) is 0 Å². The minimum absolute atomic E-state index is 0. The first-order chi connectivity index (χ1) is 21.5. The zero-order valence-corrected chi connectivity index (χ0v) is 28.2. The quantitative estimate of drug-likeness (QED) is 0.153. The minimum atomic E-state index is -2.05. The highest BCUT2D eigenvalue weighted by molar-refractivity contribution is 7.10. The Balaban J connectivity index is 0.00000480. The number of thiazole rings is 1. The molecule has 2 aromatic carbocycles. The van der Waals surface area contributed by atoms with Crippen molar-refractivity contribution >= 4 is 23.4 Å². The molecule has 3 heterocycles. The molecule has 1 amide bonds. The number of aromatic nitrogens is 4. The maximum absolute atomic E-state index is 15.3. The molecule has 4 aromatic rings. The van der Waals surface area contributed by atoms with Crippen molar-refractivity contribution in [1.82, 2.24) is 19.7 Å². The number of amides is 1. The SMILES string of the molecule is CC(=O)OC[C@@H]1CCCN1C(=O)Oc1nn(C[C@](O)(c2cc(F)ccc2F)[C@@H](C)c2nc(-c3ccc(C#N)cc3)cs2)c[n+]1C.[I-]. The Kier molecular flexibility index (Phi) is 11.1. The van der Waals surface area contributed by atoms with Crippen molar-refractivity contribution in [2.24, 2.45) is 7.05 Å². The number of hydrogen-bond acceptors (Lipinski definition) is 9. The molecule has 0 spiro atoms.